The largest absolute Gasteiger partial charge is 0.507 e. The molecule has 2 N–H and O–H groups in total. The van der Waals surface area contributed by atoms with Gasteiger partial charge in [-0.1, -0.05) is 23.4 Å². The van der Waals surface area contributed by atoms with Crippen LogP contribution < -0.4 is 5.32 Å². The van der Waals surface area contributed by atoms with E-state index in [2.05, 4.69) is 15.6 Å². The third kappa shape index (κ3) is 4.67. The van der Waals surface area contributed by atoms with E-state index >= 15 is 0 Å². The lowest BCUT2D eigenvalue weighted by atomic mass is 10.1. The number of aromatic nitrogens is 3. The molecule has 0 radical (unpaired) electrons. The van der Waals surface area contributed by atoms with Crippen LogP contribution in [0, 0.1) is 11.3 Å². The molecule has 0 aliphatic carbocycles. The summed E-state index contributed by atoms with van der Waals surface area (Å²) in [4.78, 5) is 12.6. The molecule has 0 bridgehead atoms. The minimum Gasteiger partial charge on any atom is -0.507 e. The second-order valence-corrected chi connectivity index (χ2v) is 6.97. The van der Waals surface area contributed by atoms with Crippen molar-refractivity contribution in [3.8, 4) is 28.8 Å². The average molecular weight is 449 g/mol. The zero-order chi connectivity index (χ0) is 23.6. The fourth-order valence-electron chi connectivity index (χ4n) is 3.06. The second-order valence-electron chi connectivity index (χ2n) is 6.97. The van der Waals surface area contributed by atoms with Crippen molar-refractivity contribution < 1.29 is 23.1 Å². The van der Waals surface area contributed by atoms with Crippen molar-refractivity contribution in [2.24, 2.45) is 0 Å². The number of rotatable bonds is 4. The second kappa shape index (κ2) is 8.47. The normalized spacial score (nSPS) is 11.1. The van der Waals surface area contributed by atoms with Crippen molar-refractivity contribution in [2.45, 2.75) is 6.18 Å². The van der Waals surface area contributed by atoms with Crippen molar-refractivity contribution in [3.63, 3.8) is 0 Å². The Hall–Kier alpha value is -4.65. The van der Waals surface area contributed by atoms with E-state index in [1.807, 2.05) is 6.07 Å². The highest BCUT2D eigenvalue weighted by Gasteiger charge is 2.30. The number of carbonyl (C=O) groups excluding carboxylic acids is 1. The van der Waals surface area contributed by atoms with Crippen molar-refractivity contribution in [1.29, 1.82) is 5.26 Å². The molecule has 0 aliphatic heterocycles. The third-order valence-corrected chi connectivity index (χ3v) is 4.74. The maximum absolute atomic E-state index is 12.9. The summed E-state index contributed by atoms with van der Waals surface area (Å²) in [5.41, 5.74) is 1.01. The van der Waals surface area contributed by atoms with Gasteiger partial charge in [-0.25, -0.2) is 4.68 Å². The minimum atomic E-state index is -4.55. The topological polar surface area (TPSA) is 104 Å². The molecule has 0 spiro atoms. The van der Waals surface area contributed by atoms with E-state index in [9.17, 15) is 23.1 Å². The molecule has 0 aliphatic rings. The van der Waals surface area contributed by atoms with Crippen molar-refractivity contribution in [2.75, 3.05) is 5.32 Å². The minimum absolute atomic E-state index is 0.0662. The quantitative estimate of drug-likeness (QED) is 0.467. The van der Waals surface area contributed by atoms with Gasteiger partial charge >= 0.3 is 6.18 Å². The van der Waals surface area contributed by atoms with E-state index in [4.69, 9.17) is 5.26 Å². The molecule has 1 aromatic heterocycles. The predicted octanol–water partition coefficient (Wildman–Crippen LogP) is 4.78. The molecule has 4 aromatic rings. The van der Waals surface area contributed by atoms with E-state index in [1.165, 1.54) is 35.0 Å². The molecule has 7 nitrogen and oxygen atoms in total. The summed E-state index contributed by atoms with van der Waals surface area (Å²) in [7, 11) is 0. The molecule has 10 heteroatoms. The molecule has 0 saturated heterocycles. The highest BCUT2D eigenvalue weighted by Crippen LogP contribution is 2.31. The molecular weight excluding hydrogens is 435 g/mol. The Kier molecular flexibility index (Phi) is 5.54. The Morgan fingerprint density at radius 2 is 1.82 bits per heavy atom. The van der Waals surface area contributed by atoms with Gasteiger partial charge in [0, 0.05) is 11.3 Å². The Morgan fingerprint density at radius 1 is 1.06 bits per heavy atom. The van der Waals surface area contributed by atoms with Crippen LogP contribution in [0.1, 0.15) is 21.5 Å². The number of benzene rings is 3. The smallest absolute Gasteiger partial charge is 0.416 e. The molecular formula is C23H14F3N5O2. The lowest BCUT2D eigenvalue weighted by Crippen LogP contribution is -2.14. The molecule has 1 heterocycles. The maximum Gasteiger partial charge on any atom is 0.416 e. The van der Waals surface area contributed by atoms with Gasteiger partial charge in [0.1, 0.15) is 11.4 Å². The SMILES string of the molecule is N#Cc1ccc(-c2cn(-c3ccc(O)c(C(=O)Nc4cccc(C(F)(F)F)c4)c3)nn2)cc1. The number of alkyl halides is 3. The van der Waals surface area contributed by atoms with Crippen LogP contribution in [0.3, 0.4) is 0 Å². The van der Waals surface area contributed by atoms with E-state index in [1.54, 1.807) is 30.5 Å². The fourth-order valence-corrected chi connectivity index (χ4v) is 3.06. The summed E-state index contributed by atoms with van der Waals surface area (Å²) in [6, 6.07) is 17.1. The van der Waals surface area contributed by atoms with Gasteiger partial charge in [-0.15, -0.1) is 5.10 Å². The summed E-state index contributed by atoms with van der Waals surface area (Å²) < 4.78 is 40.1. The highest BCUT2D eigenvalue weighted by atomic mass is 19.4. The molecule has 0 unspecified atom stereocenters. The number of halogens is 3. The number of aromatic hydroxyl groups is 1. The first-order valence-corrected chi connectivity index (χ1v) is 9.49. The van der Waals surface area contributed by atoms with E-state index < -0.39 is 17.6 Å². The van der Waals surface area contributed by atoms with Crippen LogP contribution in [0.4, 0.5) is 18.9 Å². The number of hydrogen-bond donors (Lipinski definition) is 2. The zero-order valence-electron chi connectivity index (χ0n) is 16.7. The number of carbonyl (C=O) groups is 1. The monoisotopic (exact) mass is 449 g/mol. The van der Waals surface area contributed by atoms with Gasteiger partial charge in [0.25, 0.3) is 5.91 Å². The zero-order valence-corrected chi connectivity index (χ0v) is 16.7. The highest BCUT2D eigenvalue weighted by molar-refractivity contribution is 6.06. The molecule has 0 saturated carbocycles. The first-order valence-electron chi connectivity index (χ1n) is 9.49. The van der Waals surface area contributed by atoms with Gasteiger partial charge in [-0.3, -0.25) is 4.79 Å². The molecule has 3 aromatic carbocycles. The van der Waals surface area contributed by atoms with Crippen LogP contribution in [0.15, 0.2) is 72.9 Å². The Morgan fingerprint density at radius 3 is 2.52 bits per heavy atom. The summed E-state index contributed by atoms with van der Waals surface area (Å²) >= 11 is 0. The summed E-state index contributed by atoms with van der Waals surface area (Å²) in [5.74, 6) is -1.14. The Balaban J connectivity index is 1.59. The predicted molar refractivity (Wildman–Crippen MR) is 113 cm³/mol. The van der Waals surface area contributed by atoms with E-state index in [0.717, 1.165) is 17.7 Å². The van der Waals surface area contributed by atoms with E-state index in [-0.39, 0.29) is 17.0 Å². The van der Waals surface area contributed by atoms with Crippen LogP contribution in [-0.4, -0.2) is 26.0 Å². The summed E-state index contributed by atoms with van der Waals surface area (Å²) in [6.45, 7) is 0. The molecule has 164 valence electrons. The Labute approximate surface area is 185 Å². The van der Waals surface area contributed by atoms with Gasteiger partial charge in [-0.2, -0.15) is 18.4 Å². The molecule has 0 fully saturated rings. The van der Waals surface area contributed by atoms with Crippen LogP contribution in [0.2, 0.25) is 0 Å². The van der Waals surface area contributed by atoms with Crippen LogP contribution in [-0.2, 0) is 6.18 Å². The van der Waals surface area contributed by atoms with Crippen molar-refractivity contribution >= 4 is 11.6 Å². The number of anilines is 1. The number of amides is 1. The number of nitrogens with one attached hydrogen (secondary N) is 1. The van der Waals surface area contributed by atoms with Crippen LogP contribution in [0.25, 0.3) is 16.9 Å². The average Bonchev–Trinajstić information content (AvgIpc) is 3.29. The fraction of sp³-hybridized carbons (Fsp3) is 0.0435. The number of nitrogens with zero attached hydrogens (tertiary/aromatic N) is 4. The van der Waals surface area contributed by atoms with Crippen molar-refractivity contribution in [3.05, 3.63) is 89.6 Å². The number of nitriles is 1. The number of hydrogen-bond acceptors (Lipinski definition) is 5. The number of phenols is 1. The number of phenolic OH excluding ortho intramolecular Hbond substituents is 1. The maximum atomic E-state index is 12.9. The van der Waals surface area contributed by atoms with Gasteiger partial charge in [-0.05, 0) is 48.5 Å². The molecule has 33 heavy (non-hydrogen) atoms. The first-order chi connectivity index (χ1) is 15.7. The van der Waals surface area contributed by atoms with Crippen LogP contribution >= 0.6 is 0 Å². The van der Waals surface area contributed by atoms with Crippen LogP contribution in [0.5, 0.6) is 5.75 Å². The third-order valence-electron chi connectivity index (χ3n) is 4.74. The van der Waals surface area contributed by atoms with Gasteiger partial charge in [0.2, 0.25) is 0 Å². The molecule has 0 atom stereocenters. The van der Waals surface area contributed by atoms with Gasteiger partial charge < -0.3 is 10.4 Å². The lowest BCUT2D eigenvalue weighted by Gasteiger charge is -2.11. The standard InChI is InChI=1S/C23H14F3N5O2/c24-23(25,26)16-2-1-3-17(10-16)28-22(33)19-11-18(8-9-21(19)32)31-13-20(29-30-31)15-6-4-14(12-27)5-7-15/h1-11,13,32H,(H,28,33). The summed E-state index contributed by atoms with van der Waals surface area (Å²) in [5, 5.41) is 29.5. The Bertz CT molecular complexity index is 1370. The first kappa shape index (κ1) is 21.6. The molecule has 1 amide bonds. The summed E-state index contributed by atoms with van der Waals surface area (Å²) in [6.07, 6.45) is -2.95. The van der Waals surface area contributed by atoms with Gasteiger partial charge in [0.15, 0.2) is 0 Å². The van der Waals surface area contributed by atoms with Crippen molar-refractivity contribution in [1.82, 2.24) is 15.0 Å². The lowest BCUT2D eigenvalue weighted by molar-refractivity contribution is -0.137. The van der Waals surface area contributed by atoms with Gasteiger partial charge in [0.05, 0.1) is 34.6 Å². The molecule has 4 rings (SSSR count). The van der Waals surface area contributed by atoms with E-state index in [0.29, 0.717) is 16.9 Å².